The van der Waals surface area contributed by atoms with E-state index < -0.39 is 0 Å². The van der Waals surface area contributed by atoms with E-state index in [-0.39, 0.29) is 11.6 Å². The number of fused-ring (bicyclic) bond motifs is 2. The third-order valence-corrected chi connectivity index (χ3v) is 7.18. The van der Waals surface area contributed by atoms with Crippen molar-refractivity contribution in [3.63, 3.8) is 0 Å². The first-order chi connectivity index (χ1) is 16.0. The Morgan fingerprint density at radius 1 is 0.636 bits per heavy atom. The standard InChI is InChI=1S/C30H33NO2/c1-5-19(6-2)21-16-17-26(25(18-21)20(7-3)8-4)31-27-15-11-14-24-28(27)30(33)23-13-10-9-12-22(23)29(24)32/h9-20,31H,5-8H2,1-4H3. The zero-order chi connectivity index (χ0) is 23.5. The van der Waals surface area contributed by atoms with E-state index in [4.69, 9.17) is 0 Å². The molecule has 3 aromatic rings. The van der Waals surface area contributed by atoms with Crippen LogP contribution in [0.1, 0.15) is 108 Å². The van der Waals surface area contributed by atoms with Gasteiger partial charge in [0.1, 0.15) is 0 Å². The third kappa shape index (κ3) is 4.13. The number of nitrogens with one attached hydrogen (secondary N) is 1. The molecule has 0 aliphatic heterocycles. The summed E-state index contributed by atoms with van der Waals surface area (Å²) in [7, 11) is 0. The second kappa shape index (κ2) is 9.74. The van der Waals surface area contributed by atoms with Crippen molar-refractivity contribution in [2.75, 3.05) is 5.32 Å². The summed E-state index contributed by atoms with van der Waals surface area (Å²) in [6.07, 6.45) is 4.34. The van der Waals surface area contributed by atoms with Crippen molar-refractivity contribution >= 4 is 22.9 Å². The van der Waals surface area contributed by atoms with Crippen LogP contribution in [0.25, 0.3) is 0 Å². The quantitative estimate of drug-likeness (QED) is 0.302. The lowest BCUT2D eigenvalue weighted by atomic mass is 9.83. The van der Waals surface area contributed by atoms with Crippen LogP contribution in [0, 0.1) is 0 Å². The second-order valence-corrected chi connectivity index (χ2v) is 8.93. The average molecular weight is 440 g/mol. The molecule has 0 heterocycles. The zero-order valence-corrected chi connectivity index (χ0v) is 20.1. The van der Waals surface area contributed by atoms with Crippen molar-refractivity contribution in [1.29, 1.82) is 0 Å². The highest BCUT2D eigenvalue weighted by atomic mass is 16.1. The maximum atomic E-state index is 13.4. The van der Waals surface area contributed by atoms with Gasteiger partial charge in [0.25, 0.3) is 0 Å². The van der Waals surface area contributed by atoms with Crippen molar-refractivity contribution < 1.29 is 9.59 Å². The number of carbonyl (C=O) groups is 2. The van der Waals surface area contributed by atoms with Gasteiger partial charge in [0.15, 0.2) is 11.6 Å². The van der Waals surface area contributed by atoms with Gasteiger partial charge < -0.3 is 5.32 Å². The summed E-state index contributed by atoms with van der Waals surface area (Å²) in [6, 6.07) is 19.3. The van der Waals surface area contributed by atoms with Crippen LogP contribution in [0.2, 0.25) is 0 Å². The molecule has 4 rings (SSSR count). The van der Waals surface area contributed by atoms with Crippen molar-refractivity contribution in [1.82, 2.24) is 0 Å². The number of anilines is 2. The SMILES string of the molecule is CCC(CC)c1ccc(Nc2cccc3c2C(=O)c2ccccc2C3=O)c(C(CC)CC)c1. The zero-order valence-electron chi connectivity index (χ0n) is 20.1. The van der Waals surface area contributed by atoms with Crippen molar-refractivity contribution in [2.24, 2.45) is 0 Å². The normalized spacial score (nSPS) is 12.8. The van der Waals surface area contributed by atoms with Gasteiger partial charge in [-0.15, -0.1) is 0 Å². The lowest BCUT2D eigenvalue weighted by Crippen LogP contribution is -2.22. The second-order valence-electron chi connectivity index (χ2n) is 8.93. The van der Waals surface area contributed by atoms with Gasteiger partial charge in [-0.1, -0.05) is 76.2 Å². The monoisotopic (exact) mass is 439 g/mol. The average Bonchev–Trinajstić information content (AvgIpc) is 2.85. The number of carbonyl (C=O) groups excluding carboxylic acids is 2. The molecule has 0 fully saturated rings. The molecule has 0 aromatic heterocycles. The topological polar surface area (TPSA) is 46.2 Å². The summed E-state index contributed by atoms with van der Waals surface area (Å²) in [5.41, 5.74) is 6.30. The van der Waals surface area contributed by atoms with Crippen LogP contribution in [0.5, 0.6) is 0 Å². The Bertz CT molecular complexity index is 1190. The van der Waals surface area contributed by atoms with Gasteiger partial charge in [-0.25, -0.2) is 0 Å². The Morgan fingerprint density at radius 3 is 1.88 bits per heavy atom. The molecule has 0 spiro atoms. The van der Waals surface area contributed by atoms with Crippen LogP contribution in [0.4, 0.5) is 11.4 Å². The molecule has 0 bridgehead atoms. The van der Waals surface area contributed by atoms with E-state index in [0.717, 1.165) is 31.4 Å². The van der Waals surface area contributed by atoms with Gasteiger partial charge in [0.05, 0.1) is 11.3 Å². The van der Waals surface area contributed by atoms with E-state index in [1.54, 1.807) is 24.3 Å². The van der Waals surface area contributed by atoms with Gasteiger partial charge >= 0.3 is 0 Å². The van der Waals surface area contributed by atoms with Crippen LogP contribution >= 0.6 is 0 Å². The first-order valence-electron chi connectivity index (χ1n) is 12.3. The molecule has 170 valence electrons. The fourth-order valence-electron chi connectivity index (χ4n) is 5.17. The van der Waals surface area contributed by atoms with Crippen LogP contribution in [-0.4, -0.2) is 11.6 Å². The smallest absolute Gasteiger partial charge is 0.196 e. The molecule has 3 aromatic carbocycles. The van der Waals surface area contributed by atoms with Gasteiger partial charge in [-0.05, 0) is 60.8 Å². The number of ketones is 2. The fraction of sp³-hybridized carbons (Fsp3) is 0.333. The Kier molecular flexibility index (Phi) is 6.78. The van der Waals surface area contributed by atoms with Gasteiger partial charge in [-0.3, -0.25) is 9.59 Å². The predicted molar refractivity (Wildman–Crippen MR) is 136 cm³/mol. The van der Waals surface area contributed by atoms with Crippen LogP contribution in [-0.2, 0) is 0 Å². The summed E-state index contributed by atoms with van der Waals surface area (Å²) >= 11 is 0. The van der Waals surface area contributed by atoms with Gasteiger partial charge in [0.2, 0.25) is 0 Å². The molecule has 0 radical (unpaired) electrons. The first-order valence-corrected chi connectivity index (χ1v) is 12.3. The highest BCUT2D eigenvalue weighted by Gasteiger charge is 2.31. The molecule has 0 atom stereocenters. The molecular formula is C30H33NO2. The minimum atomic E-state index is -0.0963. The highest BCUT2D eigenvalue weighted by Crippen LogP contribution is 2.38. The molecule has 0 amide bonds. The van der Waals surface area contributed by atoms with E-state index in [0.29, 0.717) is 39.8 Å². The van der Waals surface area contributed by atoms with Crippen LogP contribution in [0.3, 0.4) is 0 Å². The Hall–Kier alpha value is -3.20. The summed E-state index contributed by atoms with van der Waals surface area (Å²) in [4.78, 5) is 26.6. The molecule has 3 heteroatoms. The summed E-state index contributed by atoms with van der Waals surface area (Å²) in [6.45, 7) is 8.94. The van der Waals surface area contributed by atoms with E-state index in [9.17, 15) is 9.59 Å². The van der Waals surface area contributed by atoms with Crippen LogP contribution in [0.15, 0.2) is 60.7 Å². The largest absolute Gasteiger partial charge is 0.355 e. The molecule has 1 aliphatic carbocycles. The number of hydrogen-bond donors (Lipinski definition) is 1. The lowest BCUT2D eigenvalue weighted by Gasteiger charge is -2.24. The fourth-order valence-corrected chi connectivity index (χ4v) is 5.17. The molecule has 0 saturated carbocycles. The highest BCUT2D eigenvalue weighted by molar-refractivity contribution is 6.30. The summed E-state index contributed by atoms with van der Waals surface area (Å²) in [5, 5.41) is 3.56. The minimum absolute atomic E-state index is 0.0897. The molecule has 1 N–H and O–H groups in total. The third-order valence-electron chi connectivity index (χ3n) is 7.18. The summed E-state index contributed by atoms with van der Waals surface area (Å²) < 4.78 is 0. The molecule has 3 nitrogen and oxygen atoms in total. The van der Waals surface area contributed by atoms with Crippen LogP contribution < -0.4 is 5.32 Å². The maximum Gasteiger partial charge on any atom is 0.196 e. The predicted octanol–water partition coefficient (Wildman–Crippen LogP) is 8.01. The molecule has 0 unspecified atom stereocenters. The first kappa shape index (κ1) is 23.0. The molecule has 1 aliphatic rings. The maximum absolute atomic E-state index is 13.4. The molecule has 33 heavy (non-hydrogen) atoms. The van der Waals surface area contributed by atoms with E-state index in [2.05, 4.69) is 51.2 Å². The van der Waals surface area contributed by atoms with Crippen molar-refractivity contribution in [3.8, 4) is 0 Å². The van der Waals surface area contributed by atoms with Crippen molar-refractivity contribution in [3.05, 3.63) is 94.0 Å². The van der Waals surface area contributed by atoms with Gasteiger partial charge in [0, 0.05) is 22.4 Å². The van der Waals surface area contributed by atoms with E-state index >= 15 is 0 Å². The van der Waals surface area contributed by atoms with E-state index in [1.165, 1.54) is 11.1 Å². The minimum Gasteiger partial charge on any atom is -0.355 e. The molecular weight excluding hydrogens is 406 g/mol. The Balaban J connectivity index is 1.80. The Morgan fingerprint density at radius 2 is 1.24 bits per heavy atom. The molecule has 0 saturated heterocycles. The number of benzene rings is 3. The van der Waals surface area contributed by atoms with Gasteiger partial charge in [-0.2, -0.15) is 0 Å². The Labute approximate surface area is 197 Å². The summed E-state index contributed by atoms with van der Waals surface area (Å²) in [5.74, 6) is 0.793. The van der Waals surface area contributed by atoms with Crippen molar-refractivity contribution in [2.45, 2.75) is 65.2 Å². The number of hydrogen-bond acceptors (Lipinski definition) is 3. The lowest BCUT2D eigenvalue weighted by molar-refractivity contribution is 0.0979. The van der Waals surface area contributed by atoms with E-state index in [1.807, 2.05) is 18.2 Å². The number of rotatable bonds is 8.